The van der Waals surface area contributed by atoms with Gasteiger partial charge in [-0.05, 0) is 17.9 Å². The third-order valence-corrected chi connectivity index (χ3v) is 5.34. The second-order valence-corrected chi connectivity index (χ2v) is 7.02. The molecule has 114 valence electrons. The molecule has 1 heterocycles. The van der Waals surface area contributed by atoms with Gasteiger partial charge in [0.05, 0.1) is 5.69 Å². The molecular weight excluding hydrogens is 338 g/mol. The summed E-state index contributed by atoms with van der Waals surface area (Å²) < 4.78 is 40.3. The Morgan fingerprint density at radius 3 is 2.55 bits per heavy atom. The van der Waals surface area contributed by atoms with E-state index >= 15 is 0 Å². The fraction of sp³-hybridized carbons (Fsp3) is 0.462. The zero-order chi connectivity index (χ0) is 15.2. The maximum absolute atomic E-state index is 14.5. The van der Waals surface area contributed by atoms with Crippen LogP contribution in [0.2, 0.25) is 0 Å². The summed E-state index contributed by atoms with van der Waals surface area (Å²) >= 11 is 0. The molecular formula is C13H14FKN2O4S. The van der Waals surface area contributed by atoms with Gasteiger partial charge in [0, 0.05) is 0 Å². The number of amides is 1. The smallest absolute Gasteiger partial charge is 0.871 e. The predicted octanol–water partition coefficient (Wildman–Crippen LogP) is -2.57. The quantitative estimate of drug-likeness (QED) is 0.606. The van der Waals surface area contributed by atoms with Crippen LogP contribution in [0.5, 0.6) is 5.75 Å². The number of hydrogen-bond donors (Lipinski definition) is 1. The molecule has 22 heavy (non-hydrogen) atoms. The second kappa shape index (κ2) is 6.74. The molecule has 2 aliphatic rings. The van der Waals surface area contributed by atoms with Gasteiger partial charge in [-0.15, -0.1) is 0 Å². The molecule has 1 aromatic carbocycles. The van der Waals surface area contributed by atoms with E-state index in [2.05, 4.69) is 0 Å². The topological polar surface area (TPSA) is 89.5 Å². The predicted molar refractivity (Wildman–Crippen MR) is 71.3 cm³/mol. The van der Waals surface area contributed by atoms with Gasteiger partial charge in [0.1, 0.15) is 12.4 Å². The Morgan fingerprint density at radius 2 is 2.05 bits per heavy atom. The van der Waals surface area contributed by atoms with Crippen molar-refractivity contribution in [3.05, 3.63) is 23.5 Å². The van der Waals surface area contributed by atoms with E-state index < -0.39 is 39.9 Å². The first-order valence-corrected chi connectivity index (χ1v) is 8.14. The summed E-state index contributed by atoms with van der Waals surface area (Å²) in [4.78, 5) is 11.2. The van der Waals surface area contributed by atoms with Crippen LogP contribution in [0.25, 0.3) is 0 Å². The van der Waals surface area contributed by atoms with Crippen LogP contribution in [0.3, 0.4) is 0 Å². The Hall–Kier alpha value is -0.194. The van der Waals surface area contributed by atoms with E-state index in [0.29, 0.717) is 22.2 Å². The second-order valence-electron chi connectivity index (χ2n) is 5.42. The summed E-state index contributed by atoms with van der Waals surface area (Å²) in [6.45, 7) is -0.568. The van der Waals surface area contributed by atoms with E-state index in [-0.39, 0.29) is 51.4 Å². The molecule has 3 rings (SSSR count). The molecule has 1 amide bonds. The Morgan fingerprint density at radius 1 is 1.36 bits per heavy atom. The first kappa shape index (κ1) is 18.1. The van der Waals surface area contributed by atoms with Gasteiger partial charge in [0.25, 0.3) is 5.91 Å². The molecule has 0 bridgehead atoms. The van der Waals surface area contributed by atoms with Gasteiger partial charge >= 0.3 is 61.6 Å². The van der Waals surface area contributed by atoms with Gasteiger partial charge in [-0.3, -0.25) is 4.79 Å². The summed E-state index contributed by atoms with van der Waals surface area (Å²) in [5.74, 6) is -1.99. The van der Waals surface area contributed by atoms with Crippen molar-refractivity contribution in [2.24, 2.45) is 5.92 Å². The van der Waals surface area contributed by atoms with Crippen molar-refractivity contribution < 1.29 is 74.1 Å². The van der Waals surface area contributed by atoms with Crippen LogP contribution in [0, 0.1) is 11.7 Å². The van der Waals surface area contributed by atoms with Crippen molar-refractivity contribution >= 4 is 21.8 Å². The van der Waals surface area contributed by atoms with E-state index in [0.717, 1.165) is 25.3 Å². The molecule has 0 radical (unpaired) electrons. The molecule has 1 aliphatic carbocycles. The van der Waals surface area contributed by atoms with E-state index in [1.807, 2.05) is 0 Å². The Labute approximate surface area is 170 Å². The van der Waals surface area contributed by atoms with Crippen LogP contribution in [0.15, 0.2) is 12.1 Å². The molecule has 1 N–H and O–H groups in total. The molecule has 1 saturated heterocycles. The van der Waals surface area contributed by atoms with Crippen molar-refractivity contribution in [3.8, 4) is 5.75 Å². The third-order valence-electron chi connectivity index (χ3n) is 3.96. The van der Waals surface area contributed by atoms with Gasteiger partial charge in [0.15, 0.2) is 0 Å². The van der Waals surface area contributed by atoms with E-state index in [1.165, 1.54) is 6.07 Å². The number of benzene rings is 1. The summed E-state index contributed by atoms with van der Waals surface area (Å²) in [5.41, 5.74) is -0.242. The number of rotatable bonds is 3. The van der Waals surface area contributed by atoms with Crippen molar-refractivity contribution in [2.45, 2.75) is 25.7 Å². The molecule has 6 nitrogen and oxygen atoms in total. The fourth-order valence-corrected chi connectivity index (χ4v) is 3.79. The first-order valence-electron chi connectivity index (χ1n) is 6.70. The molecule has 1 aliphatic heterocycles. The zero-order valence-electron chi connectivity index (χ0n) is 12.1. The minimum atomic E-state index is -4.18. The number of anilines is 1. The Kier molecular flexibility index (Phi) is 5.56. The molecule has 2 fully saturated rings. The number of hydrogen-bond acceptors (Lipinski definition) is 4. The average molecular weight is 352 g/mol. The molecule has 0 spiro atoms. The van der Waals surface area contributed by atoms with Crippen LogP contribution in [-0.4, -0.2) is 20.9 Å². The molecule has 1 aromatic rings. The van der Waals surface area contributed by atoms with E-state index in [4.69, 9.17) is 0 Å². The average Bonchev–Trinajstić information content (AvgIpc) is 2.60. The van der Waals surface area contributed by atoms with Gasteiger partial charge in [-0.1, -0.05) is 37.1 Å². The number of nitrogens with one attached hydrogen (secondary N) is 1. The number of carbonyl (C=O) groups excluding carboxylic acids is 1. The number of nitrogens with zero attached hydrogens (tertiary/aromatic N) is 1. The van der Waals surface area contributed by atoms with E-state index in [1.54, 1.807) is 4.72 Å². The van der Waals surface area contributed by atoms with Crippen LogP contribution in [0.4, 0.5) is 10.1 Å². The van der Waals surface area contributed by atoms with Crippen LogP contribution >= 0.6 is 0 Å². The van der Waals surface area contributed by atoms with Gasteiger partial charge < -0.3 is 5.11 Å². The molecule has 0 unspecified atom stereocenters. The third kappa shape index (κ3) is 3.34. The molecule has 1 saturated carbocycles. The largest absolute Gasteiger partial charge is 1.00 e. The summed E-state index contributed by atoms with van der Waals surface area (Å²) in [7, 11) is -4.18. The maximum atomic E-state index is 14.5. The van der Waals surface area contributed by atoms with Gasteiger partial charge in [-0.2, -0.15) is 8.42 Å². The first-order chi connectivity index (χ1) is 9.88. The molecule has 9 heteroatoms. The van der Waals surface area contributed by atoms with Crippen molar-refractivity contribution in [1.82, 2.24) is 4.72 Å². The summed E-state index contributed by atoms with van der Waals surface area (Å²) in [5, 5.41) is 11.9. The van der Waals surface area contributed by atoms with Gasteiger partial charge in [-0.25, -0.2) is 13.4 Å². The van der Waals surface area contributed by atoms with Crippen LogP contribution < -0.4 is 65.5 Å². The number of carbonyl (C=O) groups is 1. The molecule has 0 aromatic heterocycles. The zero-order valence-corrected chi connectivity index (χ0v) is 16.1. The maximum Gasteiger partial charge on any atom is 1.00 e. The monoisotopic (exact) mass is 352 g/mol. The van der Waals surface area contributed by atoms with Crippen LogP contribution in [-0.2, 0) is 21.4 Å². The van der Waals surface area contributed by atoms with Crippen molar-refractivity contribution in [2.75, 3.05) is 10.8 Å². The van der Waals surface area contributed by atoms with E-state index in [9.17, 15) is 22.7 Å². The summed E-state index contributed by atoms with van der Waals surface area (Å²) in [6, 6.07) is 2.56. The minimum absolute atomic E-state index is 0. The fourth-order valence-electron chi connectivity index (χ4n) is 2.63. The van der Waals surface area contributed by atoms with Gasteiger partial charge in [0.2, 0.25) is 0 Å². The summed E-state index contributed by atoms with van der Waals surface area (Å²) in [6.07, 6.45) is 3.61. The van der Waals surface area contributed by atoms with Crippen LogP contribution in [0.1, 0.15) is 24.8 Å². The standard InChI is InChI=1S/C13H15FN2O4S.K/c14-12-9(6-8-2-1-3-8)4-5-10(17)13(12)16-7-11(18)15-21(16,19)20;/h4-5,8,17H,1-3,6-7H2,(H,15,18);/q;+1/p-1. The van der Waals surface area contributed by atoms with Crippen molar-refractivity contribution in [1.29, 1.82) is 0 Å². The molecule has 0 atom stereocenters. The number of halogens is 1. The van der Waals surface area contributed by atoms with Crippen molar-refractivity contribution in [3.63, 3.8) is 0 Å². The SMILES string of the molecule is O=C1CN(c2c([O-])ccc(CC3CCC3)c2F)S(=O)(=O)N1.[K+]. The Balaban J connectivity index is 0.00000176. The normalized spacial score (nSPS) is 20.2. The minimum Gasteiger partial charge on any atom is -0.871 e. The Bertz CT molecular complexity index is 706.